The molecule has 0 spiro atoms. The van der Waals surface area contributed by atoms with E-state index in [0.29, 0.717) is 29.4 Å². The van der Waals surface area contributed by atoms with Crippen LogP contribution in [0.1, 0.15) is 30.0 Å². The zero-order chi connectivity index (χ0) is 23.1. The van der Waals surface area contributed by atoms with E-state index in [-0.39, 0.29) is 18.1 Å². The number of amides is 2. The fraction of sp³-hybridized carbons (Fsp3) is 0.520. The third-order valence-corrected chi connectivity index (χ3v) is 8.03. The highest BCUT2D eigenvalue weighted by atomic mass is 35.5. The minimum absolute atomic E-state index is 0.0186. The molecule has 6 rings (SSSR count). The molecule has 1 aromatic carbocycles. The van der Waals surface area contributed by atoms with Crippen molar-refractivity contribution in [3.05, 3.63) is 58.7 Å². The number of carbonyl (C=O) groups is 1. The lowest BCUT2D eigenvalue weighted by atomic mass is 9.71. The molecule has 4 fully saturated rings. The van der Waals surface area contributed by atoms with Crippen LogP contribution in [-0.4, -0.2) is 60.8 Å². The van der Waals surface area contributed by atoms with E-state index in [1.54, 1.807) is 0 Å². The normalized spacial score (nSPS) is 31.1. The molecule has 2 aromatic rings. The second-order valence-electron chi connectivity index (χ2n) is 9.88. The highest BCUT2D eigenvalue weighted by Crippen LogP contribution is 2.42. The van der Waals surface area contributed by atoms with E-state index in [9.17, 15) is 4.79 Å². The lowest BCUT2D eigenvalue weighted by molar-refractivity contribution is 0.0961. The second kappa shape index (κ2) is 9.34. The molecule has 1 saturated carbocycles. The summed E-state index contributed by atoms with van der Waals surface area (Å²) in [6.45, 7) is 4.65. The Morgan fingerprint density at radius 2 is 1.97 bits per heavy atom. The van der Waals surface area contributed by atoms with Gasteiger partial charge in [-0.05, 0) is 54.0 Å². The minimum Gasteiger partial charge on any atom is -0.378 e. The number of anilines is 1. The van der Waals surface area contributed by atoms with Crippen LogP contribution in [0.2, 0.25) is 5.02 Å². The first kappa shape index (κ1) is 22.1. The predicted molar refractivity (Wildman–Crippen MR) is 130 cm³/mol. The van der Waals surface area contributed by atoms with Crippen molar-refractivity contribution in [2.75, 3.05) is 37.7 Å². The quantitative estimate of drug-likeness (QED) is 0.621. The Labute approximate surface area is 205 Å². The van der Waals surface area contributed by atoms with Crippen LogP contribution in [0, 0.1) is 11.8 Å². The van der Waals surface area contributed by atoms with Crippen LogP contribution in [0.15, 0.2) is 42.6 Å². The van der Waals surface area contributed by atoms with Gasteiger partial charge in [-0.1, -0.05) is 29.8 Å². The van der Waals surface area contributed by atoms with E-state index in [1.807, 2.05) is 35.4 Å². The molecule has 5 unspecified atom stereocenters. The summed E-state index contributed by atoms with van der Waals surface area (Å²) in [4.78, 5) is 21.8. The maximum atomic E-state index is 12.8. The van der Waals surface area contributed by atoms with Gasteiger partial charge in [-0.15, -0.1) is 0 Å². The number of hydrazine groups is 1. The highest BCUT2D eigenvalue weighted by molar-refractivity contribution is 6.30. The van der Waals surface area contributed by atoms with Gasteiger partial charge in [0.25, 0.3) is 0 Å². The Morgan fingerprint density at radius 1 is 1.09 bits per heavy atom. The smallest absolute Gasteiger partial charge is 0.317 e. The van der Waals surface area contributed by atoms with Crippen LogP contribution < -0.4 is 21.1 Å². The summed E-state index contributed by atoms with van der Waals surface area (Å²) >= 11 is 6.15. The first-order chi connectivity index (χ1) is 16.6. The Bertz CT molecular complexity index is 1030. The monoisotopic (exact) mass is 482 g/mol. The molecule has 1 aliphatic carbocycles. The van der Waals surface area contributed by atoms with Gasteiger partial charge >= 0.3 is 6.03 Å². The third kappa shape index (κ3) is 4.35. The van der Waals surface area contributed by atoms with Gasteiger partial charge in [0.1, 0.15) is 5.82 Å². The van der Waals surface area contributed by atoms with Crippen LogP contribution in [-0.2, 0) is 11.3 Å². The summed E-state index contributed by atoms with van der Waals surface area (Å²) in [7, 11) is 0. The third-order valence-electron chi connectivity index (χ3n) is 7.80. The van der Waals surface area contributed by atoms with E-state index < -0.39 is 0 Å². The molecule has 0 bridgehead atoms. The highest BCUT2D eigenvalue weighted by Gasteiger charge is 2.47. The molecule has 3 aliphatic heterocycles. The maximum absolute atomic E-state index is 12.8. The van der Waals surface area contributed by atoms with Crippen LogP contribution in [0.25, 0.3) is 0 Å². The number of rotatable bonds is 4. The van der Waals surface area contributed by atoms with Crippen LogP contribution in [0.4, 0.5) is 10.6 Å². The average molecular weight is 483 g/mol. The van der Waals surface area contributed by atoms with E-state index >= 15 is 0 Å². The number of nitrogens with zero attached hydrogens (tertiary/aromatic N) is 3. The zero-order valence-corrected chi connectivity index (χ0v) is 19.9. The molecule has 0 radical (unpaired) electrons. The number of aromatic nitrogens is 1. The van der Waals surface area contributed by atoms with Crippen molar-refractivity contribution >= 4 is 23.4 Å². The Kier molecular flexibility index (Phi) is 6.07. The summed E-state index contributed by atoms with van der Waals surface area (Å²) in [5.41, 5.74) is 9.31. The molecule has 5 atom stereocenters. The van der Waals surface area contributed by atoms with Crippen LogP contribution in [0.5, 0.6) is 0 Å². The molecule has 9 heteroatoms. The van der Waals surface area contributed by atoms with E-state index in [2.05, 4.69) is 33.2 Å². The number of urea groups is 1. The molecule has 3 saturated heterocycles. The van der Waals surface area contributed by atoms with E-state index in [4.69, 9.17) is 21.3 Å². The van der Waals surface area contributed by atoms with Crippen molar-refractivity contribution in [3.8, 4) is 0 Å². The molecule has 8 nitrogen and oxygen atoms in total. The predicted octanol–water partition coefficient (Wildman–Crippen LogP) is 2.71. The topological polar surface area (TPSA) is 81.8 Å². The van der Waals surface area contributed by atoms with Crippen molar-refractivity contribution in [2.24, 2.45) is 11.8 Å². The summed E-state index contributed by atoms with van der Waals surface area (Å²) in [5, 5.41) is 3.97. The molecular weight excluding hydrogens is 452 g/mol. The van der Waals surface area contributed by atoms with Crippen LogP contribution >= 0.6 is 11.6 Å². The lowest BCUT2D eigenvalue weighted by Gasteiger charge is -2.45. The number of morpholine rings is 1. The number of ether oxygens (including phenoxy) is 1. The van der Waals surface area contributed by atoms with Gasteiger partial charge < -0.3 is 19.9 Å². The van der Waals surface area contributed by atoms with Gasteiger partial charge in [0.2, 0.25) is 0 Å². The number of hydrogen-bond donors (Lipinski definition) is 3. The first-order valence-electron chi connectivity index (χ1n) is 12.2. The standard InChI is InChI=1S/C25H31ClN6O2/c26-19-3-1-2-16(10-19)14-32-15-18-11-20-22(12-21(18)28-25(32)33)29-30-24(20)17-4-5-23(27-13-17)31-6-8-34-9-7-31/h1-5,10,13,18,20-22,24,29-30H,6-9,11-12,14-15H2,(H,28,33). The van der Waals surface area contributed by atoms with Gasteiger partial charge in [-0.2, -0.15) is 0 Å². The van der Waals surface area contributed by atoms with Crippen molar-refractivity contribution < 1.29 is 9.53 Å². The molecule has 34 heavy (non-hydrogen) atoms. The first-order valence-corrected chi connectivity index (χ1v) is 12.6. The fourth-order valence-electron chi connectivity index (χ4n) is 6.04. The molecule has 2 amide bonds. The van der Waals surface area contributed by atoms with Crippen molar-refractivity contribution in [1.82, 2.24) is 26.1 Å². The number of pyridine rings is 1. The van der Waals surface area contributed by atoms with Crippen molar-refractivity contribution in [3.63, 3.8) is 0 Å². The number of nitrogens with one attached hydrogen (secondary N) is 3. The summed E-state index contributed by atoms with van der Waals surface area (Å²) in [5.74, 6) is 1.90. The van der Waals surface area contributed by atoms with Crippen LogP contribution in [0.3, 0.4) is 0 Å². The van der Waals surface area contributed by atoms with E-state index in [1.165, 1.54) is 5.56 Å². The fourth-order valence-corrected chi connectivity index (χ4v) is 6.25. The number of fused-ring (bicyclic) bond motifs is 2. The Balaban J connectivity index is 1.14. The number of benzene rings is 1. The molecule has 4 aliphatic rings. The van der Waals surface area contributed by atoms with Gasteiger partial charge in [-0.25, -0.2) is 15.2 Å². The average Bonchev–Trinajstić information content (AvgIpc) is 3.26. The molecule has 180 valence electrons. The number of carbonyl (C=O) groups excluding carboxylic acids is 1. The Hall–Kier alpha value is -2.39. The largest absolute Gasteiger partial charge is 0.378 e. The van der Waals surface area contributed by atoms with Gasteiger partial charge in [0.05, 0.1) is 19.3 Å². The molecule has 3 N–H and O–H groups in total. The molecular formula is C25H31ClN6O2. The molecule has 4 heterocycles. The summed E-state index contributed by atoms with van der Waals surface area (Å²) in [6.07, 6.45) is 4.01. The SMILES string of the molecule is O=C1NC2CC3NNC(c4ccc(N5CCOCC5)nc4)C3CC2CN1Cc1cccc(Cl)c1. The van der Waals surface area contributed by atoms with Gasteiger partial charge in [-0.3, -0.25) is 5.43 Å². The summed E-state index contributed by atoms with van der Waals surface area (Å²) < 4.78 is 5.46. The van der Waals surface area contributed by atoms with Crippen molar-refractivity contribution in [1.29, 1.82) is 0 Å². The minimum atomic E-state index is 0.0186. The zero-order valence-electron chi connectivity index (χ0n) is 19.1. The van der Waals surface area contributed by atoms with Gasteiger partial charge in [0.15, 0.2) is 0 Å². The summed E-state index contributed by atoms with van der Waals surface area (Å²) in [6, 6.07) is 12.9. The number of halogens is 1. The van der Waals surface area contributed by atoms with Crippen molar-refractivity contribution in [2.45, 2.75) is 37.5 Å². The Morgan fingerprint density at radius 3 is 2.76 bits per heavy atom. The number of hydrogen-bond acceptors (Lipinski definition) is 6. The lowest BCUT2D eigenvalue weighted by Crippen LogP contribution is -2.60. The van der Waals surface area contributed by atoms with E-state index in [0.717, 1.165) is 57.1 Å². The molecule has 1 aromatic heterocycles. The maximum Gasteiger partial charge on any atom is 0.317 e. The second-order valence-corrected chi connectivity index (χ2v) is 10.3. The van der Waals surface area contributed by atoms with Gasteiger partial charge in [0, 0.05) is 49.5 Å².